The molecule has 138 valence electrons. The van der Waals surface area contributed by atoms with Crippen LogP contribution in [0.1, 0.15) is 31.9 Å². The van der Waals surface area contributed by atoms with Gasteiger partial charge in [-0.1, -0.05) is 29.8 Å². The van der Waals surface area contributed by atoms with Crippen molar-refractivity contribution in [2.45, 2.75) is 39.7 Å². The fraction of sp³-hybridized carbons (Fsp3) is 0.579. The first-order valence-corrected chi connectivity index (χ1v) is 8.83. The van der Waals surface area contributed by atoms with Crippen molar-refractivity contribution < 1.29 is 9.53 Å². The van der Waals surface area contributed by atoms with Crippen molar-refractivity contribution in [1.82, 2.24) is 9.80 Å². The summed E-state index contributed by atoms with van der Waals surface area (Å²) in [6.07, 6.45) is 0.612. The van der Waals surface area contributed by atoms with E-state index in [2.05, 4.69) is 36.2 Å². The second-order valence-electron chi connectivity index (χ2n) is 7.43. The summed E-state index contributed by atoms with van der Waals surface area (Å²) in [4.78, 5) is 20.3. The Morgan fingerprint density at radius 1 is 1.12 bits per heavy atom. The lowest BCUT2D eigenvalue weighted by atomic mass is 10.1. The van der Waals surface area contributed by atoms with Crippen LogP contribution in [0.2, 0.25) is 0 Å². The molecule has 0 atom stereocenters. The van der Waals surface area contributed by atoms with Gasteiger partial charge in [-0.15, -0.1) is 0 Å². The monoisotopic (exact) mass is 346 g/mol. The van der Waals surface area contributed by atoms with Gasteiger partial charge in [0.1, 0.15) is 5.60 Å². The number of hydrogen-bond donors (Lipinski definition) is 1. The number of hydrogen-bond acceptors (Lipinski definition) is 3. The smallest absolute Gasteiger partial charge is 0.410 e. The fourth-order valence-electron chi connectivity index (χ4n) is 2.60. The van der Waals surface area contributed by atoms with Gasteiger partial charge in [0.2, 0.25) is 0 Å². The van der Waals surface area contributed by atoms with E-state index >= 15 is 0 Å². The Balaban J connectivity index is 1.77. The molecule has 2 rings (SSSR count). The zero-order chi connectivity index (χ0) is 18.4. The number of rotatable bonds is 3. The molecule has 0 aliphatic carbocycles. The van der Waals surface area contributed by atoms with Gasteiger partial charge in [-0.05, 0) is 39.7 Å². The molecular formula is C19H30N4O2. The Morgan fingerprint density at radius 2 is 1.68 bits per heavy atom. The summed E-state index contributed by atoms with van der Waals surface area (Å²) in [6, 6.07) is 8.47. The lowest BCUT2D eigenvalue weighted by Crippen LogP contribution is -2.53. The van der Waals surface area contributed by atoms with Gasteiger partial charge < -0.3 is 20.3 Å². The van der Waals surface area contributed by atoms with Crippen LogP contribution in [0.4, 0.5) is 4.79 Å². The Hall–Kier alpha value is -2.24. The van der Waals surface area contributed by atoms with Crippen LogP contribution < -0.4 is 5.73 Å². The summed E-state index contributed by atoms with van der Waals surface area (Å²) in [7, 11) is 0. The van der Waals surface area contributed by atoms with Crippen LogP contribution in [0, 0.1) is 6.92 Å². The molecule has 1 aromatic carbocycles. The maximum Gasteiger partial charge on any atom is 0.410 e. The highest BCUT2D eigenvalue weighted by Crippen LogP contribution is 2.12. The van der Waals surface area contributed by atoms with E-state index in [0.29, 0.717) is 38.7 Å². The predicted molar refractivity (Wildman–Crippen MR) is 101 cm³/mol. The van der Waals surface area contributed by atoms with Crippen molar-refractivity contribution in [2.24, 2.45) is 10.7 Å². The first kappa shape index (κ1) is 19.1. The molecule has 0 spiro atoms. The molecule has 0 saturated carbocycles. The van der Waals surface area contributed by atoms with Gasteiger partial charge in [0.05, 0.1) is 0 Å². The molecular weight excluding hydrogens is 316 g/mol. The molecule has 1 fully saturated rings. The molecule has 6 nitrogen and oxygen atoms in total. The molecule has 0 unspecified atom stereocenters. The van der Waals surface area contributed by atoms with Crippen LogP contribution in [0.3, 0.4) is 0 Å². The minimum Gasteiger partial charge on any atom is -0.444 e. The maximum atomic E-state index is 12.1. The van der Waals surface area contributed by atoms with Gasteiger partial charge in [0, 0.05) is 32.7 Å². The van der Waals surface area contributed by atoms with Crippen LogP contribution in [-0.4, -0.2) is 60.2 Å². The largest absolute Gasteiger partial charge is 0.444 e. The van der Waals surface area contributed by atoms with Crippen LogP contribution in [0.15, 0.2) is 29.3 Å². The number of benzene rings is 1. The topological polar surface area (TPSA) is 71.2 Å². The molecule has 0 aromatic heterocycles. The molecule has 0 radical (unpaired) electrons. The molecule has 1 amide bonds. The summed E-state index contributed by atoms with van der Waals surface area (Å²) in [6.45, 7) is 10.9. The zero-order valence-electron chi connectivity index (χ0n) is 15.8. The number of carbonyl (C=O) groups excluding carboxylic acids is 1. The third-order valence-corrected chi connectivity index (χ3v) is 4.05. The van der Waals surface area contributed by atoms with Crippen molar-refractivity contribution in [3.05, 3.63) is 35.4 Å². The standard InChI is InChI=1S/C19H30N4O2/c1-15-5-7-16(8-6-15)9-10-21-17(20)22-11-13-23(14-12-22)18(24)25-19(2,3)4/h5-8H,9-14H2,1-4H3,(H2,20,21). The van der Waals surface area contributed by atoms with Crippen molar-refractivity contribution in [3.63, 3.8) is 0 Å². The molecule has 1 aliphatic heterocycles. The van der Waals surface area contributed by atoms with E-state index < -0.39 is 5.60 Å². The fourth-order valence-corrected chi connectivity index (χ4v) is 2.60. The highest BCUT2D eigenvalue weighted by atomic mass is 16.6. The van der Waals surface area contributed by atoms with Crippen molar-refractivity contribution in [2.75, 3.05) is 32.7 Å². The number of amides is 1. The average molecular weight is 346 g/mol. The van der Waals surface area contributed by atoms with E-state index in [0.717, 1.165) is 6.42 Å². The zero-order valence-corrected chi connectivity index (χ0v) is 15.8. The normalized spacial score (nSPS) is 16.1. The quantitative estimate of drug-likeness (QED) is 0.674. The average Bonchev–Trinajstić information content (AvgIpc) is 2.55. The number of aliphatic imine (C=N–C) groups is 1. The molecule has 2 N–H and O–H groups in total. The maximum absolute atomic E-state index is 12.1. The third kappa shape index (κ3) is 6.29. The lowest BCUT2D eigenvalue weighted by Gasteiger charge is -2.36. The first-order valence-electron chi connectivity index (χ1n) is 8.83. The van der Waals surface area contributed by atoms with Gasteiger partial charge >= 0.3 is 6.09 Å². The van der Waals surface area contributed by atoms with E-state index in [1.54, 1.807) is 4.90 Å². The van der Waals surface area contributed by atoms with Gasteiger partial charge in [-0.3, -0.25) is 4.99 Å². The van der Waals surface area contributed by atoms with Crippen LogP contribution >= 0.6 is 0 Å². The van der Waals surface area contributed by atoms with E-state index in [1.165, 1.54) is 11.1 Å². The molecule has 1 saturated heterocycles. The molecule has 25 heavy (non-hydrogen) atoms. The van der Waals surface area contributed by atoms with Gasteiger partial charge in [-0.25, -0.2) is 4.79 Å². The first-order chi connectivity index (χ1) is 11.7. The van der Waals surface area contributed by atoms with E-state index in [9.17, 15) is 4.79 Å². The Morgan fingerprint density at radius 3 is 2.24 bits per heavy atom. The number of guanidine groups is 1. The van der Waals surface area contributed by atoms with Gasteiger partial charge in [0.25, 0.3) is 0 Å². The SMILES string of the molecule is Cc1ccc(CCN=C(N)N2CCN(C(=O)OC(C)(C)C)CC2)cc1. The molecule has 6 heteroatoms. The Labute approximate surface area is 150 Å². The second-order valence-corrected chi connectivity index (χ2v) is 7.43. The van der Waals surface area contributed by atoms with Gasteiger partial charge in [-0.2, -0.15) is 0 Å². The minimum absolute atomic E-state index is 0.262. The third-order valence-electron chi connectivity index (χ3n) is 4.05. The molecule has 1 heterocycles. The molecule has 1 aliphatic rings. The number of nitrogens with two attached hydrogens (primary N) is 1. The number of ether oxygens (including phenoxy) is 1. The molecule has 0 bridgehead atoms. The summed E-state index contributed by atoms with van der Waals surface area (Å²) < 4.78 is 5.40. The van der Waals surface area contributed by atoms with Crippen molar-refractivity contribution in [1.29, 1.82) is 0 Å². The Bertz CT molecular complexity index is 597. The summed E-state index contributed by atoms with van der Waals surface area (Å²) >= 11 is 0. The van der Waals surface area contributed by atoms with E-state index in [1.807, 2.05) is 25.7 Å². The van der Waals surface area contributed by atoms with Crippen LogP contribution in [0.5, 0.6) is 0 Å². The van der Waals surface area contributed by atoms with E-state index in [-0.39, 0.29) is 6.09 Å². The van der Waals surface area contributed by atoms with Crippen LogP contribution in [-0.2, 0) is 11.2 Å². The number of nitrogens with zero attached hydrogens (tertiary/aromatic N) is 3. The number of piperazine rings is 1. The lowest BCUT2D eigenvalue weighted by molar-refractivity contribution is 0.0186. The second kappa shape index (κ2) is 8.23. The van der Waals surface area contributed by atoms with E-state index in [4.69, 9.17) is 10.5 Å². The van der Waals surface area contributed by atoms with Gasteiger partial charge in [0.15, 0.2) is 5.96 Å². The summed E-state index contributed by atoms with van der Waals surface area (Å²) in [5, 5.41) is 0. The van der Waals surface area contributed by atoms with Crippen molar-refractivity contribution in [3.8, 4) is 0 Å². The predicted octanol–water partition coefficient (Wildman–Crippen LogP) is 2.40. The summed E-state index contributed by atoms with van der Waals surface area (Å²) in [5.74, 6) is 0.552. The minimum atomic E-state index is -0.468. The van der Waals surface area contributed by atoms with Crippen LogP contribution in [0.25, 0.3) is 0 Å². The highest BCUT2D eigenvalue weighted by molar-refractivity contribution is 5.78. The summed E-state index contributed by atoms with van der Waals surface area (Å²) in [5.41, 5.74) is 8.15. The highest BCUT2D eigenvalue weighted by Gasteiger charge is 2.26. The number of carbonyl (C=O) groups is 1. The van der Waals surface area contributed by atoms with Crippen molar-refractivity contribution >= 4 is 12.1 Å². The Kier molecular flexibility index (Phi) is 6.28. The molecule has 1 aromatic rings. The number of aryl methyl sites for hydroxylation is 1.